The number of nitrogens with one attached hydrogen (secondary N) is 3. The van der Waals surface area contributed by atoms with E-state index < -0.39 is 33.8 Å². The average Bonchev–Trinajstić information content (AvgIpc) is 3.59. The molecule has 0 radical (unpaired) electrons. The second-order valence-corrected chi connectivity index (χ2v) is 18.1. The molecule has 3 saturated heterocycles. The average molecular weight is 844 g/mol. The highest BCUT2D eigenvalue weighted by Crippen LogP contribution is 2.43. The maximum Gasteiger partial charge on any atom is 0.247 e. The third-order valence-corrected chi connectivity index (χ3v) is 13.8. The van der Waals surface area contributed by atoms with Crippen LogP contribution < -0.4 is 20.3 Å². The number of carbonyl (C=O) groups is 2. The molecule has 4 N–H and O–H groups in total. The van der Waals surface area contributed by atoms with Gasteiger partial charge in [-0.15, -0.1) is 0 Å². The first-order valence-corrected chi connectivity index (χ1v) is 22.4. The lowest BCUT2D eigenvalue weighted by Gasteiger charge is -2.46. The first-order valence-electron chi connectivity index (χ1n) is 20.9. The fourth-order valence-corrected chi connectivity index (χ4v) is 9.88. The van der Waals surface area contributed by atoms with E-state index >= 15 is 0 Å². The summed E-state index contributed by atoms with van der Waals surface area (Å²) in [6, 6.07) is 39.8. The Morgan fingerprint density at radius 3 is 2.13 bits per heavy atom. The van der Waals surface area contributed by atoms with Crippen molar-refractivity contribution in [3.63, 3.8) is 0 Å². The summed E-state index contributed by atoms with van der Waals surface area (Å²) < 4.78 is 43.0. The fraction of sp³-hybridized carbons (Fsp3) is 0.333. The molecule has 61 heavy (non-hydrogen) atoms. The van der Waals surface area contributed by atoms with Crippen LogP contribution in [0.15, 0.2) is 138 Å². The highest BCUT2D eigenvalue weighted by molar-refractivity contribution is 7.89. The Morgan fingerprint density at radius 1 is 0.836 bits per heavy atom. The number of benzene rings is 5. The first-order chi connectivity index (χ1) is 29.5. The molecule has 5 atom stereocenters. The van der Waals surface area contributed by atoms with Crippen molar-refractivity contribution in [1.82, 2.24) is 14.9 Å². The van der Waals surface area contributed by atoms with E-state index in [-0.39, 0.29) is 42.0 Å². The molecule has 5 aromatic rings. The Hall–Kier alpha value is -5.41. The van der Waals surface area contributed by atoms with Gasteiger partial charge in [-0.25, -0.2) is 8.42 Å². The van der Waals surface area contributed by atoms with Gasteiger partial charge in [0.1, 0.15) is 11.6 Å². The molecule has 3 fully saturated rings. The molecule has 0 bridgehead atoms. The topological polar surface area (TPSA) is 150 Å². The van der Waals surface area contributed by atoms with Gasteiger partial charge in [0, 0.05) is 42.5 Å². The third-order valence-electron chi connectivity index (χ3n) is 12.3. The van der Waals surface area contributed by atoms with Crippen LogP contribution in [0.1, 0.15) is 60.0 Å². The van der Waals surface area contributed by atoms with Crippen LogP contribution in [0, 0.1) is 12.8 Å². The highest BCUT2D eigenvalue weighted by Gasteiger charge is 2.51. The largest absolute Gasteiger partial charge is 0.392 e. The number of aliphatic hydroxyl groups is 1. The zero-order chi connectivity index (χ0) is 42.6. The van der Waals surface area contributed by atoms with E-state index in [0.717, 1.165) is 46.6 Å². The van der Waals surface area contributed by atoms with Gasteiger partial charge >= 0.3 is 0 Å². The number of carbonyl (C=O) groups excluding carboxylic acids is 2. The normalized spacial score (nSPS) is 22.1. The van der Waals surface area contributed by atoms with Gasteiger partial charge in [-0.3, -0.25) is 9.59 Å². The number of para-hydroxylation sites is 1. The van der Waals surface area contributed by atoms with Crippen LogP contribution in [0.3, 0.4) is 0 Å². The summed E-state index contributed by atoms with van der Waals surface area (Å²) in [7, 11) is -4.01. The highest BCUT2D eigenvalue weighted by atomic mass is 32.2. The molecule has 1 spiro atoms. The van der Waals surface area contributed by atoms with Gasteiger partial charge in [-0.05, 0) is 79.3 Å². The van der Waals surface area contributed by atoms with Gasteiger partial charge in [0.25, 0.3) is 0 Å². The van der Waals surface area contributed by atoms with E-state index in [1.807, 2.05) is 91.9 Å². The van der Waals surface area contributed by atoms with E-state index in [2.05, 4.69) is 44.2 Å². The lowest BCUT2D eigenvalue weighted by molar-refractivity contribution is -0.276. The number of sulfonamides is 1. The standard InChI is InChI=1S/C48H53N5O7S/c1-33-13-23-41(24-14-33)61(57,58)51-42(29-35-9-5-3-6-10-35)45(55)50-39-21-19-38(20-22-39)46-59-43(34(2)44(60-46)37-17-15-36(31-54)16-18-37)30-52-27-25-48(26-28-52)47(56)49-32-53(48)40-11-7-4-8-12-40/h3-24,34,42-44,46,51,54H,25-32H2,1-2H3,(H,49,56)(H,50,55). The van der Waals surface area contributed by atoms with Crippen LogP contribution in [0.25, 0.3) is 0 Å². The van der Waals surface area contributed by atoms with Crippen LogP contribution in [-0.4, -0.2) is 74.2 Å². The lowest BCUT2D eigenvalue weighted by Crippen LogP contribution is -2.57. The van der Waals surface area contributed by atoms with Crippen LogP contribution in [-0.2, 0) is 42.1 Å². The number of amides is 2. The fourth-order valence-electron chi connectivity index (χ4n) is 8.68. The summed E-state index contributed by atoms with van der Waals surface area (Å²) in [5.74, 6) is -0.456. The molecule has 13 heteroatoms. The molecule has 12 nitrogen and oxygen atoms in total. The van der Waals surface area contributed by atoms with Gasteiger partial charge < -0.3 is 35.0 Å². The lowest BCUT2D eigenvalue weighted by atomic mass is 9.84. The van der Waals surface area contributed by atoms with Crippen molar-refractivity contribution in [1.29, 1.82) is 0 Å². The van der Waals surface area contributed by atoms with Crippen molar-refractivity contribution in [2.24, 2.45) is 5.92 Å². The Kier molecular flexibility index (Phi) is 12.7. The molecule has 0 saturated carbocycles. The van der Waals surface area contributed by atoms with Crippen LogP contribution in [0.4, 0.5) is 11.4 Å². The number of anilines is 2. The molecule has 0 aliphatic carbocycles. The Labute approximate surface area is 357 Å². The maximum atomic E-state index is 13.8. The number of hydrogen-bond donors (Lipinski definition) is 4. The van der Waals surface area contributed by atoms with Gasteiger partial charge in [0.05, 0.1) is 30.4 Å². The van der Waals surface area contributed by atoms with Crippen molar-refractivity contribution in [2.75, 3.05) is 36.5 Å². The molecule has 3 aliphatic heterocycles. The van der Waals surface area contributed by atoms with Crippen LogP contribution in [0.5, 0.6) is 0 Å². The summed E-state index contributed by atoms with van der Waals surface area (Å²) in [4.78, 5) is 31.9. The van der Waals surface area contributed by atoms with Crippen LogP contribution in [0.2, 0.25) is 0 Å². The molecule has 3 aliphatic rings. The van der Waals surface area contributed by atoms with E-state index in [0.29, 0.717) is 31.7 Å². The third kappa shape index (κ3) is 9.42. The van der Waals surface area contributed by atoms with Crippen molar-refractivity contribution >= 4 is 33.2 Å². The predicted octanol–water partition coefficient (Wildman–Crippen LogP) is 6.24. The summed E-state index contributed by atoms with van der Waals surface area (Å²) in [5, 5.41) is 15.7. The molecular weight excluding hydrogens is 791 g/mol. The Bertz CT molecular complexity index is 2380. The van der Waals surface area contributed by atoms with E-state index in [4.69, 9.17) is 9.47 Å². The number of aliphatic hydroxyl groups excluding tert-OH is 1. The van der Waals surface area contributed by atoms with Gasteiger partial charge in [-0.2, -0.15) is 4.72 Å². The minimum Gasteiger partial charge on any atom is -0.392 e. The zero-order valence-corrected chi connectivity index (χ0v) is 35.3. The SMILES string of the molecule is Cc1ccc(S(=O)(=O)NC(Cc2ccccc2)C(=O)Nc2ccc(C3OC(CN4CCC5(CC4)C(=O)NCN5c4ccccc4)C(C)C(c4ccc(CO)cc4)O3)cc2)cc1. The molecule has 5 aromatic carbocycles. The number of nitrogens with zero attached hydrogens (tertiary/aromatic N) is 2. The molecular formula is C48H53N5O7S. The minimum absolute atomic E-state index is 0.0356. The molecule has 2 amide bonds. The minimum atomic E-state index is -4.01. The number of hydrogen-bond acceptors (Lipinski definition) is 9. The molecule has 0 aromatic heterocycles. The number of aryl methyl sites for hydroxylation is 1. The van der Waals surface area contributed by atoms with Gasteiger partial charge in [0.2, 0.25) is 21.8 Å². The number of ether oxygens (including phenoxy) is 2. The van der Waals surface area contributed by atoms with Crippen molar-refractivity contribution in [3.05, 3.63) is 161 Å². The summed E-state index contributed by atoms with van der Waals surface area (Å²) in [6.07, 6.45) is 0.252. The Balaban J connectivity index is 0.982. The second-order valence-electron chi connectivity index (χ2n) is 16.4. The van der Waals surface area contributed by atoms with E-state index in [9.17, 15) is 23.1 Å². The van der Waals surface area contributed by atoms with Crippen LogP contribution >= 0.6 is 0 Å². The van der Waals surface area contributed by atoms with E-state index in [1.165, 1.54) is 12.1 Å². The number of piperidine rings is 1. The van der Waals surface area contributed by atoms with Crippen molar-refractivity contribution in [3.8, 4) is 0 Å². The second kappa shape index (κ2) is 18.3. The van der Waals surface area contributed by atoms with E-state index in [1.54, 1.807) is 24.3 Å². The predicted molar refractivity (Wildman–Crippen MR) is 234 cm³/mol. The molecule has 8 rings (SSSR count). The zero-order valence-electron chi connectivity index (χ0n) is 34.4. The molecule has 318 valence electrons. The maximum absolute atomic E-state index is 13.8. The first kappa shape index (κ1) is 42.3. The summed E-state index contributed by atoms with van der Waals surface area (Å²) in [5.41, 5.74) is 5.20. The smallest absolute Gasteiger partial charge is 0.247 e. The van der Waals surface area contributed by atoms with Crippen molar-refractivity contribution in [2.45, 2.75) is 74.7 Å². The monoisotopic (exact) mass is 843 g/mol. The van der Waals surface area contributed by atoms with Gasteiger partial charge in [0.15, 0.2) is 6.29 Å². The summed E-state index contributed by atoms with van der Waals surface area (Å²) >= 11 is 0. The Morgan fingerprint density at radius 2 is 1.48 bits per heavy atom. The number of rotatable bonds is 13. The van der Waals surface area contributed by atoms with Crippen molar-refractivity contribution < 1.29 is 32.6 Å². The molecule has 5 unspecified atom stereocenters. The van der Waals surface area contributed by atoms with Gasteiger partial charge in [-0.1, -0.05) is 110 Å². The molecule has 3 heterocycles. The quantitative estimate of drug-likeness (QED) is 0.108. The number of likely N-dealkylation sites (tertiary alicyclic amines) is 1. The summed E-state index contributed by atoms with van der Waals surface area (Å²) in [6.45, 7) is 6.55.